The van der Waals surface area contributed by atoms with Gasteiger partial charge in [0.2, 0.25) is 5.91 Å². The number of carbonyl (C=O) groups excluding carboxylic acids is 1. The Hall–Kier alpha value is -0.960. The highest BCUT2D eigenvalue weighted by atomic mass is 32.2. The molecule has 0 heterocycles. The van der Waals surface area contributed by atoms with Crippen LogP contribution in [0, 0.1) is 0 Å². The molecule has 51 heavy (non-hydrogen) atoms. The molecule has 0 aromatic heterocycles. The van der Waals surface area contributed by atoms with Crippen LogP contribution in [0.25, 0.3) is 0 Å². The van der Waals surface area contributed by atoms with Crippen molar-refractivity contribution in [3.8, 4) is 0 Å². The molecule has 0 aromatic rings. The molecule has 0 saturated carbocycles. The van der Waals surface area contributed by atoms with Crippen molar-refractivity contribution in [2.24, 2.45) is 0 Å². The van der Waals surface area contributed by atoms with E-state index in [1.807, 2.05) is 0 Å². The van der Waals surface area contributed by atoms with E-state index in [-0.39, 0.29) is 0 Å². The van der Waals surface area contributed by atoms with Crippen LogP contribution in [0.2, 0.25) is 0 Å². The van der Waals surface area contributed by atoms with Crippen molar-refractivity contribution < 1.29 is 28.0 Å². The molecule has 0 aromatic carbocycles. The van der Waals surface area contributed by atoms with E-state index in [9.17, 15) is 28.0 Å². The SMILES string of the molecule is CCCCCCCCCCCCCC/C=C\CCCCCCCCC(O)C(=O)NC(CS(=O)(=O)O)C(O)CCCCCCCCCCCCCC. The van der Waals surface area contributed by atoms with Crippen LogP contribution in [0.3, 0.4) is 0 Å². The molecule has 0 fully saturated rings. The van der Waals surface area contributed by atoms with Crippen molar-refractivity contribution in [2.75, 3.05) is 5.75 Å². The first-order chi connectivity index (χ1) is 24.7. The van der Waals surface area contributed by atoms with E-state index in [0.29, 0.717) is 25.7 Å². The van der Waals surface area contributed by atoms with Crippen molar-refractivity contribution in [1.29, 1.82) is 0 Å². The number of amides is 1. The van der Waals surface area contributed by atoms with Gasteiger partial charge in [0.15, 0.2) is 0 Å². The van der Waals surface area contributed by atoms with E-state index in [0.717, 1.165) is 44.9 Å². The lowest BCUT2D eigenvalue weighted by Crippen LogP contribution is -2.50. The molecular formula is C43H85NO6S. The monoisotopic (exact) mass is 744 g/mol. The molecule has 0 radical (unpaired) electrons. The molecule has 7 nitrogen and oxygen atoms in total. The molecule has 3 atom stereocenters. The van der Waals surface area contributed by atoms with Crippen molar-refractivity contribution in [2.45, 2.75) is 250 Å². The summed E-state index contributed by atoms with van der Waals surface area (Å²) < 4.78 is 32.6. The zero-order valence-corrected chi connectivity index (χ0v) is 34.4. The van der Waals surface area contributed by atoms with Gasteiger partial charge < -0.3 is 15.5 Å². The Morgan fingerprint density at radius 3 is 1.18 bits per heavy atom. The van der Waals surface area contributed by atoms with Crippen LogP contribution in [0.5, 0.6) is 0 Å². The Labute approximate surface area is 316 Å². The van der Waals surface area contributed by atoms with E-state index in [2.05, 4.69) is 31.3 Å². The predicted molar refractivity (Wildman–Crippen MR) is 218 cm³/mol. The fourth-order valence-electron chi connectivity index (χ4n) is 6.93. The highest BCUT2D eigenvalue weighted by Crippen LogP contribution is 2.16. The summed E-state index contributed by atoms with van der Waals surface area (Å²) in [7, 11) is -4.40. The van der Waals surface area contributed by atoms with E-state index < -0.39 is 40.0 Å². The Bertz CT molecular complexity index is 880. The zero-order chi connectivity index (χ0) is 37.7. The minimum atomic E-state index is -4.40. The van der Waals surface area contributed by atoms with Crippen LogP contribution in [-0.4, -0.2) is 53.1 Å². The summed E-state index contributed by atoms with van der Waals surface area (Å²) in [5, 5.41) is 23.5. The maximum absolute atomic E-state index is 12.6. The van der Waals surface area contributed by atoms with Crippen LogP contribution >= 0.6 is 0 Å². The number of aliphatic hydroxyl groups is 2. The average Bonchev–Trinajstić information content (AvgIpc) is 3.09. The second-order valence-corrected chi connectivity index (χ2v) is 17.0. The standard InChI is InChI=1S/C43H85NO6S/c1-3-5-7-9-11-13-15-17-18-19-20-21-22-23-24-25-26-28-30-32-34-36-38-42(46)43(47)44-40(39-51(48,49)50)41(45)37-35-33-31-29-27-16-14-12-10-8-6-4-2/h23-24,40-42,45-46H,3-22,25-39H2,1-2H3,(H,44,47)(H,48,49,50)/b24-23-. The molecule has 0 rings (SSSR count). The number of aliphatic hydroxyl groups excluding tert-OH is 2. The second kappa shape index (κ2) is 37.4. The topological polar surface area (TPSA) is 124 Å². The average molecular weight is 744 g/mol. The van der Waals surface area contributed by atoms with Crippen LogP contribution in [-0.2, 0) is 14.9 Å². The lowest BCUT2D eigenvalue weighted by atomic mass is 10.0. The predicted octanol–water partition coefficient (Wildman–Crippen LogP) is 11.9. The summed E-state index contributed by atoms with van der Waals surface area (Å²) >= 11 is 0. The van der Waals surface area contributed by atoms with Gasteiger partial charge in [-0.1, -0.05) is 206 Å². The van der Waals surface area contributed by atoms with Crippen LogP contribution in [0.1, 0.15) is 232 Å². The van der Waals surface area contributed by atoms with Crippen LogP contribution < -0.4 is 5.32 Å². The largest absolute Gasteiger partial charge is 0.391 e. The molecule has 304 valence electrons. The third-order valence-electron chi connectivity index (χ3n) is 10.3. The van der Waals surface area contributed by atoms with E-state index in [1.165, 1.54) is 148 Å². The van der Waals surface area contributed by atoms with Crippen molar-refractivity contribution in [3.63, 3.8) is 0 Å². The lowest BCUT2D eigenvalue weighted by Gasteiger charge is -2.24. The maximum atomic E-state index is 12.6. The molecule has 0 aliphatic carbocycles. The summed E-state index contributed by atoms with van der Waals surface area (Å²) in [5.41, 5.74) is 0. The number of unbranched alkanes of at least 4 members (excludes halogenated alkanes) is 29. The number of hydrogen-bond donors (Lipinski definition) is 4. The van der Waals surface area contributed by atoms with Gasteiger partial charge in [0.1, 0.15) is 6.10 Å². The van der Waals surface area contributed by atoms with Gasteiger partial charge in [-0.2, -0.15) is 8.42 Å². The number of nitrogens with one attached hydrogen (secondary N) is 1. The Kier molecular flexibility index (Phi) is 36.7. The molecule has 0 saturated heterocycles. The maximum Gasteiger partial charge on any atom is 0.266 e. The Balaban J connectivity index is 3.88. The number of allylic oxidation sites excluding steroid dienone is 2. The van der Waals surface area contributed by atoms with Crippen LogP contribution in [0.4, 0.5) is 0 Å². The first-order valence-electron chi connectivity index (χ1n) is 22.0. The van der Waals surface area contributed by atoms with Crippen molar-refractivity contribution in [3.05, 3.63) is 12.2 Å². The van der Waals surface area contributed by atoms with Gasteiger partial charge in [0.25, 0.3) is 10.1 Å². The first kappa shape index (κ1) is 50.0. The third-order valence-corrected chi connectivity index (χ3v) is 11.1. The molecule has 0 bridgehead atoms. The molecule has 8 heteroatoms. The molecule has 0 aliphatic heterocycles. The van der Waals surface area contributed by atoms with E-state index in [1.54, 1.807) is 0 Å². The zero-order valence-electron chi connectivity index (χ0n) is 33.6. The fraction of sp³-hybridized carbons (Fsp3) is 0.930. The van der Waals surface area contributed by atoms with Gasteiger partial charge in [-0.15, -0.1) is 0 Å². The van der Waals surface area contributed by atoms with Crippen molar-refractivity contribution >= 4 is 16.0 Å². The molecule has 0 spiro atoms. The summed E-state index contributed by atoms with van der Waals surface area (Å²) in [5.74, 6) is -1.45. The smallest absolute Gasteiger partial charge is 0.266 e. The molecule has 1 amide bonds. The summed E-state index contributed by atoms with van der Waals surface area (Å²) in [6.45, 7) is 4.51. The number of carbonyl (C=O) groups is 1. The number of hydrogen-bond acceptors (Lipinski definition) is 5. The molecule has 3 unspecified atom stereocenters. The van der Waals surface area contributed by atoms with E-state index in [4.69, 9.17) is 0 Å². The highest BCUT2D eigenvalue weighted by Gasteiger charge is 2.28. The quantitative estimate of drug-likeness (QED) is 0.0281. The molecule has 4 N–H and O–H groups in total. The first-order valence-corrected chi connectivity index (χ1v) is 23.6. The number of rotatable bonds is 40. The van der Waals surface area contributed by atoms with Gasteiger partial charge in [-0.25, -0.2) is 0 Å². The third kappa shape index (κ3) is 37.2. The van der Waals surface area contributed by atoms with E-state index >= 15 is 0 Å². The van der Waals surface area contributed by atoms with Gasteiger partial charge in [0, 0.05) is 0 Å². The second-order valence-electron chi connectivity index (χ2n) is 15.5. The molecular weight excluding hydrogens is 659 g/mol. The van der Waals surface area contributed by atoms with Gasteiger partial charge >= 0.3 is 0 Å². The normalized spacial score (nSPS) is 13.9. The summed E-state index contributed by atoms with van der Waals surface area (Å²) in [4.78, 5) is 12.6. The Morgan fingerprint density at radius 1 is 0.510 bits per heavy atom. The highest BCUT2D eigenvalue weighted by molar-refractivity contribution is 7.85. The van der Waals surface area contributed by atoms with Gasteiger partial charge in [0.05, 0.1) is 17.9 Å². The molecule has 0 aliphatic rings. The van der Waals surface area contributed by atoms with Crippen LogP contribution in [0.15, 0.2) is 12.2 Å². The lowest BCUT2D eigenvalue weighted by molar-refractivity contribution is -0.131. The van der Waals surface area contributed by atoms with Gasteiger partial charge in [-0.05, 0) is 38.5 Å². The Morgan fingerprint density at radius 2 is 0.824 bits per heavy atom. The summed E-state index contributed by atoms with van der Waals surface area (Å²) in [6, 6.07) is -1.14. The van der Waals surface area contributed by atoms with Gasteiger partial charge in [-0.3, -0.25) is 9.35 Å². The minimum absolute atomic E-state index is 0.293. The van der Waals surface area contributed by atoms with Crippen molar-refractivity contribution in [1.82, 2.24) is 5.32 Å². The fourth-order valence-corrected chi connectivity index (χ4v) is 7.69. The summed E-state index contributed by atoms with van der Waals surface area (Å²) in [6.07, 6.45) is 42.4. The minimum Gasteiger partial charge on any atom is -0.391 e.